The lowest BCUT2D eigenvalue weighted by atomic mass is 10.2. The third kappa shape index (κ3) is 5.20. The van der Waals surface area contributed by atoms with Gasteiger partial charge in [-0.25, -0.2) is 0 Å². The Balaban J connectivity index is 1.32. The number of hydrogen-bond acceptors (Lipinski definition) is 5. The first-order valence-electron chi connectivity index (χ1n) is 9.73. The highest BCUT2D eigenvalue weighted by molar-refractivity contribution is 7.80. The molecule has 7 nitrogen and oxygen atoms in total. The van der Waals surface area contributed by atoms with Gasteiger partial charge in [-0.3, -0.25) is 0 Å². The molecular formula is C19H25ClN5O2S+. The van der Waals surface area contributed by atoms with Crippen LogP contribution in [0.2, 0.25) is 5.02 Å². The largest absolute Gasteiger partial charge is 0.419 e. The number of thiocarbonyl (C=S) groups is 1. The molecular weight excluding hydrogens is 398 g/mol. The van der Waals surface area contributed by atoms with Gasteiger partial charge in [0.15, 0.2) is 5.11 Å². The van der Waals surface area contributed by atoms with Gasteiger partial charge in [0.2, 0.25) is 11.8 Å². The predicted molar refractivity (Wildman–Crippen MR) is 110 cm³/mol. The molecule has 0 spiro atoms. The summed E-state index contributed by atoms with van der Waals surface area (Å²) in [4.78, 5) is 3.73. The van der Waals surface area contributed by atoms with Gasteiger partial charge in [-0.2, -0.15) is 0 Å². The zero-order valence-corrected chi connectivity index (χ0v) is 17.3. The maximum atomic E-state index is 5.94. The summed E-state index contributed by atoms with van der Waals surface area (Å²) in [5.41, 5.74) is 0.857. The van der Waals surface area contributed by atoms with Crippen molar-refractivity contribution in [2.24, 2.45) is 0 Å². The van der Waals surface area contributed by atoms with Crippen LogP contribution in [0.5, 0.6) is 0 Å². The maximum Gasteiger partial charge on any atom is 0.247 e. The number of halogens is 1. The summed E-state index contributed by atoms with van der Waals surface area (Å²) in [6.07, 6.45) is 2.30. The van der Waals surface area contributed by atoms with E-state index in [4.69, 9.17) is 33.0 Å². The lowest BCUT2D eigenvalue weighted by Crippen LogP contribution is -3.14. The highest BCUT2D eigenvalue weighted by Gasteiger charge is 2.32. The topological polar surface area (TPSA) is 67.9 Å². The quantitative estimate of drug-likeness (QED) is 0.648. The molecule has 0 amide bonds. The van der Waals surface area contributed by atoms with Crippen LogP contribution in [0.4, 0.5) is 0 Å². The van der Waals surface area contributed by atoms with E-state index in [9.17, 15) is 0 Å². The number of ether oxygens (including phenoxy) is 1. The summed E-state index contributed by atoms with van der Waals surface area (Å²) in [5.74, 6) is 1.07. The lowest BCUT2D eigenvalue weighted by molar-refractivity contribution is -0.906. The van der Waals surface area contributed by atoms with E-state index in [1.54, 1.807) is 4.90 Å². The highest BCUT2D eigenvalue weighted by atomic mass is 35.5. The summed E-state index contributed by atoms with van der Waals surface area (Å²) < 4.78 is 11.3. The first-order chi connectivity index (χ1) is 13.7. The summed E-state index contributed by atoms with van der Waals surface area (Å²) in [6.45, 7) is 6.26. The Morgan fingerprint density at radius 2 is 1.96 bits per heavy atom. The molecule has 2 aromatic rings. The molecule has 2 fully saturated rings. The minimum atomic E-state index is 0.460. The van der Waals surface area contributed by atoms with Crippen LogP contribution in [0, 0.1) is 0 Å². The fourth-order valence-electron chi connectivity index (χ4n) is 3.28. The molecule has 1 saturated heterocycles. The van der Waals surface area contributed by atoms with Crippen LogP contribution < -0.4 is 10.2 Å². The van der Waals surface area contributed by atoms with Crippen molar-refractivity contribution in [1.29, 1.82) is 0 Å². The third-order valence-electron chi connectivity index (χ3n) is 5.07. The summed E-state index contributed by atoms with van der Waals surface area (Å²) in [5, 5.41) is 13.2. The Kier molecular flexibility index (Phi) is 6.41. The van der Waals surface area contributed by atoms with E-state index in [2.05, 4.69) is 20.4 Å². The Bertz CT molecular complexity index is 790. The van der Waals surface area contributed by atoms with Gasteiger partial charge < -0.3 is 24.3 Å². The van der Waals surface area contributed by atoms with Gasteiger partial charge in [-0.15, -0.1) is 10.2 Å². The standard InChI is InChI=1S/C19H24ClN5O2S/c20-15-3-1-14(2-4-15)18-23-22-17(27-18)13-25(16-5-6-16)19(28)21-7-8-24-9-11-26-12-10-24/h1-4,16H,5-13H2,(H,21,28)/p+1. The SMILES string of the molecule is S=C(NCC[NH+]1CCOCC1)N(Cc1nnc(-c2ccc(Cl)cc2)o1)C1CC1. The molecule has 1 aliphatic heterocycles. The molecule has 0 bridgehead atoms. The summed E-state index contributed by atoms with van der Waals surface area (Å²) in [6, 6.07) is 7.83. The normalized spacial score (nSPS) is 17.5. The zero-order chi connectivity index (χ0) is 19.3. The van der Waals surface area contributed by atoms with Crippen LogP contribution in [0.3, 0.4) is 0 Å². The molecule has 150 valence electrons. The molecule has 1 aromatic heterocycles. The van der Waals surface area contributed by atoms with Crippen LogP contribution in [-0.4, -0.2) is 65.6 Å². The van der Waals surface area contributed by atoms with E-state index in [1.807, 2.05) is 24.3 Å². The van der Waals surface area contributed by atoms with Crippen molar-refractivity contribution in [3.8, 4) is 11.5 Å². The van der Waals surface area contributed by atoms with Gasteiger partial charge >= 0.3 is 0 Å². The molecule has 28 heavy (non-hydrogen) atoms. The number of hydrogen-bond donors (Lipinski definition) is 2. The van der Waals surface area contributed by atoms with Gasteiger partial charge in [-0.1, -0.05) is 11.6 Å². The lowest BCUT2D eigenvalue weighted by Gasteiger charge is -2.26. The van der Waals surface area contributed by atoms with Crippen molar-refractivity contribution in [2.45, 2.75) is 25.4 Å². The van der Waals surface area contributed by atoms with Gasteiger partial charge in [0.1, 0.15) is 13.1 Å². The van der Waals surface area contributed by atoms with Gasteiger partial charge in [-0.05, 0) is 49.3 Å². The highest BCUT2D eigenvalue weighted by Crippen LogP contribution is 2.29. The second-order valence-electron chi connectivity index (χ2n) is 7.21. The number of rotatable bonds is 7. The number of nitrogens with one attached hydrogen (secondary N) is 2. The second-order valence-corrected chi connectivity index (χ2v) is 8.03. The van der Waals surface area contributed by atoms with Crippen molar-refractivity contribution in [3.05, 3.63) is 35.2 Å². The van der Waals surface area contributed by atoms with Crippen molar-refractivity contribution >= 4 is 28.9 Å². The van der Waals surface area contributed by atoms with E-state index in [0.717, 1.165) is 62.9 Å². The van der Waals surface area contributed by atoms with E-state index >= 15 is 0 Å². The van der Waals surface area contributed by atoms with Gasteiger partial charge in [0.25, 0.3) is 0 Å². The first-order valence-corrected chi connectivity index (χ1v) is 10.5. The van der Waals surface area contributed by atoms with Crippen molar-refractivity contribution in [2.75, 3.05) is 39.4 Å². The van der Waals surface area contributed by atoms with Crippen molar-refractivity contribution in [3.63, 3.8) is 0 Å². The summed E-state index contributed by atoms with van der Waals surface area (Å²) in [7, 11) is 0. The predicted octanol–water partition coefficient (Wildman–Crippen LogP) is 1.14. The van der Waals surface area contributed by atoms with Gasteiger partial charge in [0, 0.05) is 16.6 Å². The van der Waals surface area contributed by atoms with E-state index in [-0.39, 0.29) is 0 Å². The van der Waals surface area contributed by atoms with Crippen LogP contribution in [0.1, 0.15) is 18.7 Å². The average Bonchev–Trinajstić information content (AvgIpc) is 3.45. The van der Waals surface area contributed by atoms with Crippen molar-refractivity contribution < 1.29 is 14.1 Å². The average molecular weight is 423 g/mol. The van der Waals surface area contributed by atoms with Crippen molar-refractivity contribution in [1.82, 2.24) is 20.4 Å². The molecule has 2 N–H and O–H groups in total. The van der Waals surface area contributed by atoms with E-state index in [1.165, 1.54) is 0 Å². The number of benzene rings is 1. The minimum Gasteiger partial charge on any atom is -0.419 e. The molecule has 9 heteroatoms. The molecule has 1 aliphatic carbocycles. The first kappa shape index (κ1) is 19.6. The number of morpholine rings is 1. The Morgan fingerprint density at radius 3 is 2.68 bits per heavy atom. The fourth-order valence-corrected chi connectivity index (χ4v) is 3.72. The molecule has 2 heterocycles. The summed E-state index contributed by atoms with van der Waals surface area (Å²) >= 11 is 11.6. The Hall–Kier alpha value is -1.74. The smallest absolute Gasteiger partial charge is 0.247 e. The molecule has 0 unspecified atom stereocenters. The number of nitrogens with zero attached hydrogens (tertiary/aromatic N) is 3. The molecule has 0 atom stereocenters. The molecule has 2 aliphatic rings. The Labute approximate surface area is 175 Å². The Morgan fingerprint density at radius 1 is 1.21 bits per heavy atom. The van der Waals surface area contributed by atoms with Crippen LogP contribution >= 0.6 is 23.8 Å². The van der Waals surface area contributed by atoms with Gasteiger partial charge in [0.05, 0.1) is 32.8 Å². The molecule has 1 aromatic carbocycles. The van der Waals surface area contributed by atoms with E-state index < -0.39 is 0 Å². The molecule has 4 rings (SSSR count). The van der Waals surface area contributed by atoms with Crippen LogP contribution in [0.25, 0.3) is 11.5 Å². The maximum absolute atomic E-state index is 5.94. The zero-order valence-electron chi connectivity index (χ0n) is 15.7. The minimum absolute atomic E-state index is 0.460. The number of quaternary nitrogens is 1. The fraction of sp³-hybridized carbons (Fsp3) is 0.526. The van der Waals surface area contributed by atoms with Crippen LogP contribution in [0.15, 0.2) is 28.7 Å². The second kappa shape index (κ2) is 9.17. The molecule has 0 radical (unpaired) electrons. The number of aromatic nitrogens is 2. The van der Waals surface area contributed by atoms with Crippen LogP contribution in [-0.2, 0) is 11.3 Å². The molecule has 1 saturated carbocycles. The third-order valence-corrected chi connectivity index (χ3v) is 5.70. The monoisotopic (exact) mass is 422 g/mol. The van der Waals surface area contributed by atoms with E-state index in [0.29, 0.717) is 29.4 Å².